The van der Waals surface area contributed by atoms with E-state index in [4.69, 9.17) is 19.2 Å². The summed E-state index contributed by atoms with van der Waals surface area (Å²) in [6.07, 6.45) is 1.54. The van der Waals surface area contributed by atoms with Gasteiger partial charge < -0.3 is 19.3 Å². The van der Waals surface area contributed by atoms with Gasteiger partial charge in [-0.3, -0.25) is 14.5 Å². The van der Waals surface area contributed by atoms with Gasteiger partial charge in [-0.2, -0.15) is 0 Å². The number of Topliss-reactive ketones (excluding diaryl/α,β-unsaturated/α-hetero) is 1. The van der Waals surface area contributed by atoms with Crippen molar-refractivity contribution in [3.63, 3.8) is 0 Å². The first-order valence-electron chi connectivity index (χ1n) is 14.2. The summed E-state index contributed by atoms with van der Waals surface area (Å²) in [4.78, 5) is 33.6. The van der Waals surface area contributed by atoms with Crippen LogP contribution in [0.4, 0.5) is 5.13 Å². The number of ether oxygens (including phenoxy) is 3. The molecule has 0 aliphatic carbocycles. The number of benzene rings is 3. The number of carbonyl (C=O) groups is 2. The summed E-state index contributed by atoms with van der Waals surface area (Å²) in [5, 5.41) is 12.1. The number of hydrogen-bond donors (Lipinski definition) is 1. The Labute approximate surface area is 248 Å². The minimum atomic E-state index is -0.936. The number of fused-ring (bicyclic) bond motifs is 2. The molecule has 0 bridgehead atoms. The lowest BCUT2D eigenvalue weighted by molar-refractivity contribution is -0.132. The number of amides is 1. The van der Waals surface area contributed by atoms with E-state index in [1.165, 1.54) is 16.2 Å². The first-order valence-corrected chi connectivity index (χ1v) is 15.0. The molecule has 42 heavy (non-hydrogen) atoms. The molecule has 1 N–H and O–H groups in total. The van der Waals surface area contributed by atoms with E-state index in [0.717, 1.165) is 33.5 Å². The highest BCUT2D eigenvalue weighted by Gasteiger charge is 2.48. The smallest absolute Gasteiger partial charge is 0.301 e. The van der Waals surface area contributed by atoms with E-state index in [1.54, 1.807) is 30.3 Å². The summed E-state index contributed by atoms with van der Waals surface area (Å²) >= 11 is 1.33. The molecule has 2 unspecified atom stereocenters. The summed E-state index contributed by atoms with van der Waals surface area (Å²) < 4.78 is 18.5. The molecule has 0 spiro atoms. The van der Waals surface area contributed by atoms with Crippen LogP contribution in [0.15, 0.2) is 60.2 Å². The molecule has 8 nitrogen and oxygen atoms in total. The summed E-state index contributed by atoms with van der Waals surface area (Å²) in [7, 11) is 0. The van der Waals surface area contributed by atoms with Crippen LogP contribution >= 0.6 is 11.3 Å². The lowest BCUT2D eigenvalue weighted by Gasteiger charge is -2.24. The molecule has 6 rings (SSSR count). The third-order valence-electron chi connectivity index (χ3n) is 7.40. The number of aliphatic hydroxyl groups is 1. The van der Waals surface area contributed by atoms with E-state index in [-0.39, 0.29) is 17.4 Å². The van der Waals surface area contributed by atoms with E-state index >= 15 is 0 Å². The number of nitrogens with zero attached hydrogens (tertiary/aromatic N) is 2. The van der Waals surface area contributed by atoms with Crippen molar-refractivity contribution in [3.8, 4) is 17.2 Å². The topological polar surface area (TPSA) is 98.2 Å². The summed E-state index contributed by atoms with van der Waals surface area (Å²) in [5.74, 6) is 0.0524. The minimum Gasteiger partial charge on any atom is -0.507 e. The van der Waals surface area contributed by atoms with Gasteiger partial charge in [0.25, 0.3) is 5.78 Å². The van der Waals surface area contributed by atoms with Gasteiger partial charge in [0.05, 0.1) is 35.0 Å². The summed E-state index contributed by atoms with van der Waals surface area (Å²) in [6.45, 7) is 8.79. The lowest BCUT2D eigenvalue weighted by Crippen LogP contribution is -2.29. The van der Waals surface area contributed by atoms with Crippen LogP contribution in [0.1, 0.15) is 55.5 Å². The maximum atomic E-state index is 13.8. The standard InChI is InChI=1S/C33H32N2O6S/c1-5-13-40-25-12-8-20(17-26(25)39-6-2)29-28(30(36)21-9-11-24-22(16-21)15-19(4)41-24)31(37)32(38)35(29)33-34-23-10-7-18(3)14-27(23)42-33/h7-12,14,16-17,19,29,36H,5-6,13,15H2,1-4H3/b30-28+. The van der Waals surface area contributed by atoms with Crippen LogP contribution in [0, 0.1) is 6.92 Å². The zero-order valence-electron chi connectivity index (χ0n) is 24.0. The van der Waals surface area contributed by atoms with E-state index in [9.17, 15) is 14.7 Å². The molecule has 2 aliphatic rings. The van der Waals surface area contributed by atoms with Gasteiger partial charge in [0.1, 0.15) is 17.6 Å². The Balaban J connectivity index is 1.53. The number of aryl methyl sites for hydroxylation is 1. The second-order valence-corrected chi connectivity index (χ2v) is 11.6. The zero-order chi connectivity index (χ0) is 29.5. The van der Waals surface area contributed by atoms with Crippen LogP contribution in [-0.2, 0) is 16.0 Å². The molecule has 1 saturated heterocycles. The highest BCUT2D eigenvalue weighted by molar-refractivity contribution is 7.22. The van der Waals surface area contributed by atoms with Crippen molar-refractivity contribution < 1.29 is 28.9 Å². The quantitative estimate of drug-likeness (QED) is 0.139. The average Bonchev–Trinajstić information content (AvgIpc) is 3.63. The third kappa shape index (κ3) is 4.87. The van der Waals surface area contributed by atoms with Gasteiger partial charge >= 0.3 is 5.91 Å². The van der Waals surface area contributed by atoms with Gasteiger partial charge in [0.2, 0.25) is 0 Å². The molecular formula is C33H32N2O6S. The van der Waals surface area contributed by atoms with Crippen molar-refractivity contribution in [1.29, 1.82) is 0 Å². The Morgan fingerprint density at radius 2 is 1.90 bits per heavy atom. The fraction of sp³-hybridized carbons (Fsp3) is 0.303. The molecule has 2 aliphatic heterocycles. The van der Waals surface area contributed by atoms with Crippen LogP contribution in [0.5, 0.6) is 17.2 Å². The summed E-state index contributed by atoms with van der Waals surface area (Å²) in [6, 6.07) is 15.6. The first kappa shape index (κ1) is 27.8. The van der Waals surface area contributed by atoms with E-state index < -0.39 is 17.7 Å². The van der Waals surface area contributed by atoms with Crippen LogP contribution in [0.3, 0.4) is 0 Å². The van der Waals surface area contributed by atoms with Gasteiger partial charge in [0, 0.05) is 12.0 Å². The van der Waals surface area contributed by atoms with Crippen LogP contribution in [0.25, 0.3) is 16.0 Å². The Morgan fingerprint density at radius 1 is 1.07 bits per heavy atom. The molecule has 2 atom stereocenters. The van der Waals surface area contributed by atoms with E-state index in [0.29, 0.717) is 47.4 Å². The van der Waals surface area contributed by atoms with Crippen molar-refractivity contribution in [2.45, 2.75) is 52.7 Å². The van der Waals surface area contributed by atoms with Crippen molar-refractivity contribution in [2.24, 2.45) is 0 Å². The van der Waals surface area contributed by atoms with Crippen molar-refractivity contribution >= 4 is 44.1 Å². The van der Waals surface area contributed by atoms with Gasteiger partial charge in [-0.25, -0.2) is 4.98 Å². The summed E-state index contributed by atoms with van der Waals surface area (Å²) in [5.41, 5.74) is 3.77. The molecule has 1 amide bonds. The van der Waals surface area contributed by atoms with Crippen molar-refractivity contribution in [1.82, 2.24) is 4.98 Å². The van der Waals surface area contributed by atoms with Gasteiger partial charge in [-0.05, 0) is 86.3 Å². The minimum absolute atomic E-state index is 0.00738. The van der Waals surface area contributed by atoms with E-state index in [1.807, 2.05) is 52.0 Å². The third-order valence-corrected chi connectivity index (χ3v) is 8.42. The predicted molar refractivity (Wildman–Crippen MR) is 163 cm³/mol. The molecule has 1 fully saturated rings. The van der Waals surface area contributed by atoms with Crippen molar-refractivity contribution in [3.05, 3.63) is 82.4 Å². The Bertz CT molecular complexity index is 1740. The number of thiazole rings is 1. The van der Waals surface area contributed by atoms with Gasteiger partial charge in [-0.15, -0.1) is 0 Å². The monoisotopic (exact) mass is 584 g/mol. The molecule has 216 valence electrons. The maximum Gasteiger partial charge on any atom is 0.301 e. The fourth-order valence-electron chi connectivity index (χ4n) is 5.49. The second kappa shape index (κ2) is 11.1. The number of rotatable bonds is 8. The number of carbonyl (C=O) groups excluding carboxylic acids is 2. The van der Waals surface area contributed by atoms with Crippen molar-refractivity contribution in [2.75, 3.05) is 18.1 Å². The second-order valence-electron chi connectivity index (χ2n) is 10.6. The zero-order valence-corrected chi connectivity index (χ0v) is 24.8. The molecular weight excluding hydrogens is 552 g/mol. The molecule has 9 heteroatoms. The SMILES string of the molecule is CCCOc1ccc(C2/C(=C(\O)c3ccc4c(c3)CC(C)O4)C(=O)C(=O)N2c2nc3ccc(C)cc3s2)cc1OCC. The van der Waals surface area contributed by atoms with Crippen LogP contribution in [0.2, 0.25) is 0 Å². The lowest BCUT2D eigenvalue weighted by atomic mass is 9.94. The first-order chi connectivity index (χ1) is 20.3. The highest BCUT2D eigenvalue weighted by Crippen LogP contribution is 2.46. The molecule has 3 aromatic carbocycles. The molecule has 4 aromatic rings. The Morgan fingerprint density at radius 3 is 2.69 bits per heavy atom. The number of hydrogen-bond acceptors (Lipinski definition) is 8. The van der Waals surface area contributed by atoms with Crippen LogP contribution in [-0.4, -0.2) is 41.1 Å². The number of aliphatic hydroxyl groups excluding tert-OH is 1. The average molecular weight is 585 g/mol. The van der Waals surface area contributed by atoms with Gasteiger partial charge in [0.15, 0.2) is 16.6 Å². The largest absolute Gasteiger partial charge is 0.507 e. The van der Waals surface area contributed by atoms with Gasteiger partial charge in [-0.1, -0.05) is 30.4 Å². The molecule has 0 radical (unpaired) electrons. The maximum absolute atomic E-state index is 13.8. The number of ketones is 1. The Hall–Kier alpha value is -4.37. The van der Waals surface area contributed by atoms with Crippen LogP contribution < -0.4 is 19.1 Å². The number of anilines is 1. The predicted octanol–water partition coefficient (Wildman–Crippen LogP) is 6.74. The Kier molecular flexibility index (Phi) is 7.36. The molecule has 3 heterocycles. The van der Waals surface area contributed by atoms with E-state index in [2.05, 4.69) is 0 Å². The highest BCUT2D eigenvalue weighted by atomic mass is 32.1. The number of aromatic nitrogens is 1. The fourth-order valence-corrected chi connectivity index (χ4v) is 6.58. The molecule has 1 aromatic heterocycles. The normalized spacial score (nSPS) is 19.3. The molecule has 0 saturated carbocycles.